The van der Waals surface area contributed by atoms with E-state index < -0.39 is 52.4 Å². The summed E-state index contributed by atoms with van der Waals surface area (Å²) in [7, 11) is -0.258. The fourth-order valence-corrected chi connectivity index (χ4v) is 2.20. The molecule has 6 nitrogen and oxygen atoms in total. The lowest BCUT2D eigenvalue weighted by molar-refractivity contribution is -0.180. The molecule has 2 amide bonds. The van der Waals surface area contributed by atoms with Gasteiger partial charge in [0.1, 0.15) is 5.69 Å². The lowest BCUT2D eigenvalue weighted by Gasteiger charge is -2.18. The molecule has 0 aliphatic rings. The van der Waals surface area contributed by atoms with E-state index in [9.17, 15) is 26.9 Å². The Morgan fingerprint density at radius 2 is 1.83 bits per heavy atom. The predicted octanol–water partition coefficient (Wildman–Crippen LogP) is 2.20. The number of carbonyl (C=O) groups is 1. The molecule has 1 aromatic carbocycles. The van der Waals surface area contributed by atoms with Crippen molar-refractivity contribution in [2.75, 3.05) is 11.7 Å². The second-order valence-corrected chi connectivity index (χ2v) is 5.41. The zero-order chi connectivity index (χ0) is 18.3. The number of aliphatic hydroxyl groups excluding tert-OH is 1. The van der Waals surface area contributed by atoms with E-state index in [0.717, 1.165) is 0 Å². The van der Waals surface area contributed by atoms with Crippen LogP contribution in [0.25, 0.3) is 0 Å². The van der Waals surface area contributed by atoms with Crippen molar-refractivity contribution in [1.29, 1.82) is 0 Å². The van der Waals surface area contributed by atoms with Crippen LogP contribution in [0.4, 0.5) is 32.6 Å². The number of halogens is 5. The molecule has 1 rings (SSSR count). The van der Waals surface area contributed by atoms with E-state index in [1.54, 1.807) is 0 Å². The first-order valence-corrected chi connectivity index (χ1v) is 7.68. The number of rotatable bonds is 8. The van der Waals surface area contributed by atoms with Gasteiger partial charge in [-0.25, -0.2) is 18.0 Å². The molecule has 0 atom stereocenters. The van der Waals surface area contributed by atoms with E-state index in [-0.39, 0.29) is 16.2 Å². The van der Waals surface area contributed by atoms with Crippen molar-refractivity contribution in [3.05, 3.63) is 29.6 Å². The van der Waals surface area contributed by atoms with Gasteiger partial charge in [-0.1, -0.05) is 15.4 Å². The predicted molar refractivity (Wildman–Crippen MR) is 72.2 cm³/mol. The van der Waals surface area contributed by atoms with Crippen LogP contribution in [0.1, 0.15) is 12.8 Å². The zero-order valence-electron chi connectivity index (χ0n) is 12.1. The summed E-state index contributed by atoms with van der Waals surface area (Å²) in [5.74, 6) is -5.52. The number of unbranched alkanes of at least 4 members (excludes halogenated alkanes) is 1. The van der Waals surface area contributed by atoms with Gasteiger partial charge in [-0.2, -0.15) is 5.12 Å². The first-order valence-electron chi connectivity index (χ1n) is 6.57. The quantitative estimate of drug-likeness (QED) is 0.183. The van der Waals surface area contributed by atoms with Crippen LogP contribution in [-0.4, -0.2) is 44.2 Å². The number of benzene rings is 1. The molecule has 0 saturated carbocycles. The maximum Gasteiger partial charge on any atom is 0.381 e. The van der Waals surface area contributed by atoms with Gasteiger partial charge in [-0.15, -0.1) is 5.12 Å². The molecule has 0 unspecified atom stereocenters. The van der Waals surface area contributed by atoms with Crippen LogP contribution >= 0.6 is 0 Å². The van der Waals surface area contributed by atoms with E-state index in [2.05, 4.69) is 4.43 Å². The Labute approximate surface area is 135 Å². The second kappa shape index (κ2) is 9.51. The minimum atomic E-state index is -1.99. The van der Waals surface area contributed by atoms with Gasteiger partial charge < -0.3 is 14.6 Å². The number of hydrogen-bond donors (Lipinski definition) is 2. The van der Waals surface area contributed by atoms with Crippen LogP contribution in [0.15, 0.2) is 12.1 Å². The Morgan fingerprint density at radius 3 is 2.46 bits per heavy atom. The minimum Gasteiger partial charge on any atom is -0.372 e. The molecule has 24 heavy (non-hydrogen) atoms. The maximum absolute atomic E-state index is 13.7. The average Bonchev–Trinajstić information content (AvgIpc) is 2.54. The minimum absolute atomic E-state index is 0.0776. The van der Waals surface area contributed by atoms with Gasteiger partial charge in [-0.3, -0.25) is 0 Å². The highest BCUT2D eigenvalue weighted by molar-refractivity contribution is 6.26. The number of carbonyl (C=O) groups excluding carboxylic acids is 1. The normalized spacial score (nSPS) is 11.0. The highest BCUT2D eigenvalue weighted by Crippen LogP contribution is 2.25. The number of amides is 2. The molecule has 0 heterocycles. The molecule has 0 fully saturated rings. The third kappa shape index (κ3) is 5.70. The van der Waals surface area contributed by atoms with Crippen LogP contribution in [0.2, 0.25) is 6.04 Å². The van der Waals surface area contributed by atoms with Crippen molar-refractivity contribution in [3.8, 4) is 0 Å². The molecule has 134 valence electrons. The zero-order valence-corrected chi connectivity index (χ0v) is 13.1. The lowest BCUT2D eigenvalue weighted by Crippen LogP contribution is -2.35. The van der Waals surface area contributed by atoms with Crippen LogP contribution in [0.5, 0.6) is 0 Å². The molecule has 0 aliphatic carbocycles. The van der Waals surface area contributed by atoms with Gasteiger partial charge in [0.05, 0.1) is 6.54 Å². The van der Waals surface area contributed by atoms with E-state index in [0.29, 0.717) is 24.6 Å². The Kier molecular flexibility index (Phi) is 8.04. The fraction of sp³-hybridized carbons (Fsp3) is 0.417. The first-order chi connectivity index (χ1) is 11.3. The van der Waals surface area contributed by atoms with E-state index in [4.69, 9.17) is 10.2 Å². The number of urea groups is 1. The van der Waals surface area contributed by atoms with Crippen LogP contribution in [0.3, 0.4) is 0 Å². The lowest BCUT2D eigenvalue weighted by atomic mass is 10.3. The number of hydrogen-bond acceptors (Lipinski definition) is 4. The van der Waals surface area contributed by atoms with Gasteiger partial charge in [0, 0.05) is 0 Å². The van der Waals surface area contributed by atoms with Gasteiger partial charge in [0.2, 0.25) is 9.76 Å². The fourth-order valence-electron chi connectivity index (χ4n) is 1.54. The van der Waals surface area contributed by atoms with Crippen molar-refractivity contribution >= 4 is 21.5 Å². The molecule has 0 aliphatic heterocycles. The summed E-state index contributed by atoms with van der Waals surface area (Å²) < 4.78 is 70.6. The van der Waals surface area contributed by atoms with E-state index in [1.807, 2.05) is 0 Å². The van der Waals surface area contributed by atoms with Crippen LogP contribution < -0.4 is 5.12 Å². The third-order valence-corrected chi connectivity index (χ3v) is 3.61. The van der Waals surface area contributed by atoms with Crippen molar-refractivity contribution in [2.45, 2.75) is 25.4 Å². The molecule has 0 bridgehead atoms. The summed E-state index contributed by atoms with van der Waals surface area (Å²) in [5.41, 5.74) is -1.26. The Hall–Kier alpha value is -1.76. The van der Waals surface area contributed by atoms with Gasteiger partial charge in [0.25, 0.3) is 6.48 Å². The summed E-state index contributed by atoms with van der Waals surface area (Å²) in [6.07, 6.45) is 0.402. The Bertz CT molecular complexity index is 566. The van der Waals surface area contributed by atoms with Crippen molar-refractivity contribution in [3.63, 3.8) is 0 Å². The topological polar surface area (TPSA) is 73.2 Å². The van der Waals surface area contributed by atoms with Gasteiger partial charge in [0.15, 0.2) is 17.5 Å². The maximum atomic E-state index is 13.7. The number of nitrogens with zero attached hydrogens (tertiary/aromatic N) is 2. The Balaban J connectivity index is 2.49. The SMILES string of the molecule is O=C(N(F)CCCC[Si]OC(O)O)N(F)c1ccc(F)c(F)c1F. The van der Waals surface area contributed by atoms with Crippen LogP contribution in [0, 0.1) is 17.5 Å². The van der Waals surface area contributed by atoms with Crippen molar-refractivity contribution in [2.24, 2.45) is 0 Å². The first kappa shape index (κ1) is 20.3. The highest BCUT2D eigenvalue weighted by atomic mass is 28.2. The second-order valence-electron chi connectivity index (χ2n) is 4.39. The average molecular weight is 372 g/mol. The highest BCUT2D eigenvalue weighted by Gasteiger charge is 2.27. The molecule has 0 spiro atoms. The molecule has 0 aromatic heterocycles. The molecule has 2 N–H and O–H groups in total. The number of aliphatic hydroxyl groups is 2. The van der Waals surface area contributed by atoms with Crippen LogP contribution in [-0.2, 0) is 4.43 Å². The van der Waals surface area contributed by atoms with E-state index >= 15 is 0 Å². The van der Waals surface area contributed by atoms with E-state index in [1.165, 1.54) is 0 Å². The summed E-state index contributed by atoms with van der Waals surface area (Å²) in [6.45, 7) is -2.45. The summed E-state index contributed by atoms with van der Waals surface area (Å²) in [4.78, 5) is 11.4. The smallest absolute Gasteiger partial charge is 0.372 e. The molecule has 12 heteroatoms. The molecule has 2 radical (unpaired) electrons. The summed E-state index contributed by atoms with van der Waals surface area (Å²) in [6, 6.07) is -0.703. The monoisotopic (exact) mass is 372 g/mol. The number of anilines is 1. The van der Waals surface area contributed by atoms with Gasteiger partial charge >= 0.3 is 6.03 Å². The molecule has 1 aromatic rings. The summed E-state index contributed by atoms with van der Waals surface area (Å²) >= 11 is 0. The van der Waals surface area contributed by atoms with Crippen molar-refractivity contribution < 1.29 is 41.6 Å². The van der Waals surface area contributed by atoms with Crippen molar-refractivity contribution in [1.82, 2.24) is 5.12 Å². The standard InChI is InChI=1S/C12H13F5N2O4Si/c13-7-3-4-8(10(15)9(7)14)19(17)11(20)18(16)5-1-2-6-24-23-12(21)22/h3-4,12,21-22H,1-2,5-6H2. The largest absolute Gasteiger partial charge is 0.381 e. The molecular formula is C12H13F5N2O4Si. The molecular weight excluding hydrogens is 359 g/mol. The molecule has 0 saturated heterocycles. The third-order valence-electron chi connectivity index (χ3n) is 2.67. The van der Waals surface area contributed by atoms with Gasteiger partial charge in [-0.05, 0) is 24.6 Å². The Morgan fingerprint density at radius 1 is 1.17 bits per heavy atom. The summed E-state index contributed by atoms with van der Waals surface area (Å²) in [5, 5.41) is 15.3.